The van der Waals surface area contributed by atoms with Gasteiger partial charge in [0.1, 0.15) is 0 Å². The van der Waals surface area contributed by atoms with Crippen LogP contribution >= 0.6 is 34.8 Å². The van der Waals surface area contributed by atoms with Gasteiger partial charge in [-0.1, -0.05) is 76.3 Å². The van der Waals surface area contributed by atoms with Crippen LogP contribution in [0.3, 0.4) is 0 Å². The van der Waals surface area contributed by atoms with E-state index >= 15 is 0 Å². The molecule has 0 aromatic rings. The second kappa shape index (κ2) is 26.0. The molecule has 0 radical (unpaired) electrons. The van der Waals surface area contributed by atoms with Crippen LogP contribution in [0.5, 0.6) is 0 Å². The average Bonchev–Trinajstić information content (AvgIpc) is 1.76. The van der Waals surface area contributed by atoms with E-state index < -0.39 is 22.6 Å². The van der Waals surface area contributed by atoms with Crippen molar-refractivity contribution in [2.75, 3.05) is 0 Å². The molecular weight excluding hydrogens is 301 g/mol. The molecule has 0 aromatic heterocycles. The molecule has 0 aliphatic rings. The van der Waals surface area contributed by atoms with Crippen molar-refractivity contribution >= 4 is 52.2 Å². The summed E-state index contributed by atoms with van der Waals surface area (Å²) < 4.78 is -0.750. The van der Waals surface area contributed by atoms with Crippen LogP contribution in [0, 0.1) is 0 Å². The van der Waals surface area contributed by atoms with Gasteiger partial charge >= 0.3 is 17.4 Å². The zero-order valence-corrected chi connectivity index (χ0v) is 14.7. The largest absolute Gasteiger partial charge is 3.00 e. The van der Waals surface area contributed by atoms with Crippen LogP contribution in [-0.2, 0) is 0 Å². The molecule has 0 N–H and O–H groups in total. The van der Waals surface area contributed by atoms with Crippen LogP contribution in [0.15, 0.2) is 0 Å². The van der Waals surface area contributed by atoms with Gasteiger partial charge < -0.3 is 15.3 Å². The summed E-state index contributed by atoms with van der Waals surface area (Å²) in [6.45, 7) is 9.67. The number of halogens is 3. The fraction of sp³-hybridized carbons (Fsp3) is 1.00. The molecule has 0 saturated carbocycles. The molecule has 17 heavy (non-hydrogen) atoms. The number of rotatable bonds is 0. The summed E-state index contributed by atoms with van der Waals surface area (Å²) in [6, 6.07) is 0. The third kappa shape index (κ3) is 2450. The summed E-state index contributed by atoms with van der Waals surface area (Å²) in [5.41, 5.74) is 0. The van der Waals surface area contributed by atoms with Crippen molar-refractivity contribution in [1.82, 2.24) is 0 Å². The van der Waals surface area contributed by atoms with Gasteiger partial charge in [-0.3, -0.25) is 0 Å². The van der Waals surface area contributed by atoms with Gasteiger partial charge in [0.05, 0.1) is 0 Å². The van der Waals surface area contributed by atoms with Gasteiger partial charge in [0.25, 0.3) is 0 Å². The van der Waals surface area contributed by atoms with E-state index in [0.717, 1.165) is 0 Å². The Labute approximate surface area is 131 Å². The van der Waals surface area contributed by atoms with E-state index in [9.17, 15) is 15.3 Å². The summed E-state index contributed by atoms with van der Waals surface area (Å²) in [6.07, 6.45) is -1.25. The first-order chi connectivity index (χ1) is 6.93. The Kier molecular flexibility index (Phi) is 47.3. The van der Waals surface area contributed by atoms with Crippen LogP contribution in [0.25, 0.3) is 0 Å². The van der Waals surface area contributed by atoms with Crippen molar-refractivity contribution < 1.29 is 15.3 Å². The number of alkyl halides is 3. The minimum atomic E-state index is -0.750. The van der Waals surface area contributed by atoms with Crippen molar-refractivity contribution in [2.24, 2.45) is 0 Å². The molecule has 0 spiro atoms. The fourth-order valence-electron chi connectivity index (χ4n) is 0. The Hall–Kier alpha value is 1.28. The Balaban J connectivity index is -0.0000000369. The Morgan fingerprint density at radius 3 is 0.588 bits per heavy atom. The van der Waals surface area contributed by atoms with Gasteiger partial charge in [-0.25, -0.2) is 0 Å². The molecule has 0 aliphatic carbocycles. The Morgan fingerprint density at radius 1 is 0.588 bits per heavy atom. The molecule has 0 fully saturated rings. The standard InChI is InChI=1S/3C3H7O.CHCl3.Al/c3*1-3(2)4;2-1(3)4;/h3*3H,1-2H3;1H;/q3*-1;;+3. The van der Waals surface area contributed by atoms with Crippen LogP contribution < -0.4 is 15.3 Å². The van der Waals surface area contributed by atoms with Crippen LogP contribution in [0.2, 0.25) is 0 Å². The normalized spacial score (nSPS) is 8.47. The second-order valence-electron chi connectivity index (χ2n) is 3.39. The zero-order valence-electron chi connectivity index (χ0n) is 11.2. The molecule has 0 saturated heterocycles. The van der Waals surface area contributed by atoms with Gasteiger partial charge in [0.15, 0.2) is 4.30 Å². The second-order valence-corrected chi connectivity index (χ2v) is 5.37. The maximum Gasteiger partial charge on any atom is 3.00 e. The van der Waals surface area contributed by atoms with Crippen molar-refractivity contribution in [3.63, 3.8) is 0 Å². The van der Waals surface area contributed by atoms with E-state index in [-0.39, 0.29) is 17.4 Å². The van der Waals surface area contributed by atoms with Gasteiger partial charge in [0, 0.05) is 0 Å². The van der Waals surface area contributed by atoms with E-state index in [1.807, 2.05) is 0 Å². The summed E-state index contributed by atoms with van der Waals surface area (Å²) >= 11 is 14.4. The van der Waals surface area contributed by atoms with Crippen molar-refractivity contribution in [3.05, 3.63) is 0 Å². The molecule has 0 unspecified atom stereocenters. The molecule has 0 amide bonds. The monoisotopic (exact) mass is 322 g/mol. The molecular formula is C10H22AlCl3O3. The molecule has 0 bridgehead atoms. The maximum atomic E-state index is 9.53. The number of hydrogen-bond acceptors (Lipinski definition) is 3. The Bertz CT molecular complexity index is 69.8. The molecule has 3 nitrogen and oxygen atoms in total. The SMILES string of the molecule is CC(C)[O-].CC(C)[O-].CC(C)[O-].ClC(Cl)Cl.[Al+3]. The van der Waals surface area contributed by atoms with Crippen molar-refractivity contribution in [1.29, 1.82) is 0 Å². The summed E-state index contributed by atoms with van der Waals surface area (Å²) in [7, 11) is 0. The minimum Gasteiger partial charge on any atom is -0.852 e. The van der Waals surface area contributed by atoms with Crippen LogP contribution in [0.1, 0.15) is 41.5 Å². The number of hydrogen-bond donors (Lipinski definition) is 0. The van der Waals surface area contributed by atoms with Crippen LogP contribution in [-0.4, -0.2) is 40.0 Å². The molecule has 0 heterocycles. The van der Waals surface area contributed by atoms with Gasteiger partial charge in [-0.05, 0) is 0 Å². The van der Waals surface area contributed by atoms with E-state index in [2.05, 4.69) is 0 Å². The smallest absolute Gasteiger partial charge is 0.852 e. The fourth-order valence-corrected chi connectivity index (χ4v) is 0. The van der Waals surface area contributed by atoms with E-state index in [0.29, 0.717) is 0 Å². The average molecular weight is 324 g/mol. The van der Waals surface area contributed by atoms with Gasteiger partial charge in [-0.2, -0.15) is 0 Å². The van der Waals surface area contributed by atoms with Crippen molar-refractivity contribution in [2.45, 2.75) is 64.1 Å². The Morgan fingerprint density at radius 2 is 0.588 bits per heavy atom. The molecule has 0 atom stereocenters. The molecule has 0 aliphatic heterocycles. The predicted octanol–water partition coefficient (Wildman–Crippen LogP) is 0.871. The predicted molar refractivity (Wildman–Crippen MR) is 72.5 cm³/mol. The molecule has 7 heteroatoms. The minimum absolute atomic E-state index is 0. The van der Waals surface area contributed by atoms with Gasteiger partial charge in [-0.15, -0.1) is 18.3 Å². The first kappa shape index (κ1) is 31.0. The molecule has 0 rings (SSSR count). The third-order valence-corrected chi connectivity index (χ3v) is 0. The third-order valence-electron chi connectivity index (χ3n) is 0. The van der Waals surface area contributed by atoms with E-state index in [1.54, 1.807) is 41.5 Å². The molecule has 0 aromatic carbocycles. The van der Waals surface area contributed by atoms with Crippen LogP contribution in [0.4, 0.5) is 0 Å². The van der Waals surface area contributed by atoms with Gasteiger partial charge in [0.2, 0.25) is 0 Å². The molecule has 104 valence electrons. The van der Waals surface area contributed by atoms with E-state index in [1.165, 1.54) is 0 Å². The first-order valence-corrected chi connectivity index (χ1v) is 6.14. The summed E-state index contributed by atoms with van der Waals surface area (Å²) in [5, 5.41) is 28.6. The maximum absolute atomic E-state index is 9.53. The quantitative estimate of drug-likeness (QED) is 0.491. The van der Waals surface area contributed by atoms with E-state index in [4.69, 9.17) is 34.8 Å². The zero-order chi connectivity index (χ0) is 14.3. The van der Waals surface area contributed by atoms with Crippen molar-refractivity contribution in [3.8, 4) is 0 Å². The topological polar surface area (TPSA) is 69.2 Å². The summed E-state index contributed by atoms with van der Waals surface area (Å²) in [5.74, 6) is 0. The first-order valence-electron chi connectivity index (χ1n) is 4.83. The summed E-state index contributed by atoms with van der Waals surface area (Å²) in [4.78, 5) is 0.